The Bertz CT molecular complexity index is 430. The quantitative estimate of drug-likeness (QED) is 0.796. The van der Waals surface area contributed by atoms with Crippen molar-refractivity contribution in [3.8, 4) is 0 Å². The van der Waals surface area contributed by atoms with Gasteiger partial charge in [0.15, 0.2) is 0 Å². The number of hydrogen-bond acceptors (Lipinski definition) is 3. The molecule has 2 heterocycles. The summed E-state index contributed by atoms with van der Waals surface area (Å²) in [4.78, 5) is 13.9. The zero-order valence-electron chi connectivity index (χ0n) is 11.7. The average Bonchev–Trinajstić information content (AvgIpc) is 2.76. The lowest BCUT2D eigenvalue weighted by atomic mass is 9.79. The molecule has 1 aliphatic rings. The zero-order chi connectivity index (χ0) is 13.3. The van der Waals surface area contributed by atoms with Gasteiger partial charge in [-0.3, -0.25) is 4.79 Å². The van der Waals surface area contributed by atoms with Gasteiger partial charge in [-0.25, -0.2) is 0 Å². The molecule has 2 rings (SSSR count). The Morgan fingerprint density at radius 1 is 1.39 bits per heavy atom. The molecule has 0 bridgehead atoms. The number of piperidine rings is 1. The fraction of sp³-hybridized carbons (Fsp3) is 0.769. The van der Waals surface area contributed by atoms with Crippen LogP contribution in [0.4, 0.5) is 0 Å². The minimum Gasteiger partial charge on any atom is -0.342 e. The molecule has 0 N–H and O–H groups in total. The van der Waals surface area contributed by atoms with Crippen LogP contribution in [0, 0.1) is 5.92 Å². The maximum absolute atomic E-state index is 12.0. The van der Waals surface area contributed by atoms with Gasteiger partial charge in [0, 0.05) is 31.5 Å². The first-order chi connectivity index (χ1) is 8.44. The summed E-state index contributed by atoms with van der Waals surface area (Å²) in [6.07, 6.45) is 3.65. The molecule has 18 heavy (non-hydrogen) atoms. The Balaban J connectivity index is 2.06. The molecule has 5 nitrogen and oxygen atoms in total. The third kappa shape index (κ3) is 2.26. The molecule has 0 aliphatic carbocycles. The van der Waals surface area contributed by atoms with Gasteiger partial charge in [0.05, 0.1) is 0 Å². The number of nitrogens with zero attached hydrogens (tertiary/aromatic N) is 4. The maximum atomic E-state index is 12.0. The minimum absolute atomic E-state index is 0.0407. The summed E-state index contributed by atoms with van der Waals surface area (Å²) in [7, 11) is 1.98. The summed E-state index contributed by atoms with van der Waals surface area (Å²) in [5, 5.41) is 8.18. The summed E-state index contributed by atoms with van der Waals surface area (Å²) in [6, 6.07) is 0. The third-order valence-corrected chi connectivity index (χ3v) is 3.92. The molecule has 0 atom stereocenters. The number of carbonyl (C=O) groups is 1. The van der Waals surface area contributed by atoms with Crippen molar-refractivity contribution in [3.05, 3.63) is 12.2 Å². The second kappa shape index (κ2) is 4.71. The van der Waals surface area contributed by atoms with E-state index in [2.05, 4.69) is 17.1 Å². The van der Waals surface area contributed by atoms with Crippen LogP contribution in [0.5, 0.6) is 0 Å². The van der Waals surface area contributed by atoms with Crippen LogP contribution in [0.15, 0.2) is 6.33 Å². The predicted octanol–water partition coefficient (Wildman–Crippen LogP) is 1.35. The second-order valence-electron chi connectivity index (χ2n) is 5.81. The fourth-order valence-electron chi connectivity index (χ4n) is 2.64. The van der Waals surface area contributed by atoms with E-state index in [0.717, 1.165) is 31.8 Å². The number of likely N-dealkylation sites (tertiary alicyclic amines) is 1. The average molecular weight is 250 g/mol. The van der Waals surface area contributed by atoms with Crippen LogP contribution in [0.3, 0.4) is 0 Å². The monoisotopic (exact) mass is 250 g/mol. The third-order valence-electron chi connectivity index (χ3n) is 3.92. The molecule has 0 saturated carbocycles. The maximum Gasteiger partial charge on any atom is 0.225 e. The number of hydrogen-bond donors (Lipinski definition) is 0. The highest BCUT2D eigenvalue weighted by Gasteiger charge is 2.36. The van der Waals surface area contributed by atoms with Gasteiger partial charge in [-0.15, -0.1) is 10.2 Å². The molecule has 5 heteroatoms. The SMILES string of the molecule is CC(C)C(=O)N1CCC(C)(c2nncn2C)CC1. The second-order valence-corrected chi connectivity index (χ2v) is 5.81. The van der Waals surface area contributed by atoms with E-state index < -0.39 is 0 Å². The topological polar surface area (TPSA) is 51.0 Å². The zero-order valence-corrected chi connectivity index (χ0v) is 11.7. The Morgan fingerprint density at radius 2 is 2.00 bits per heavy atom. The van der Waals surface area contributed by atoms with E-state index in [1.54, 1.807) is 6.33 Å². The van der Waals surface area contributed by atoms with Crippen molar-refractivity contribution in [3.63, 3.8) is 0 Å². The first kappa shape index (κ1) is 13.1. The lowest BCUT2D eigenvalue weighted by Gasteiger charge is -2.39. The van der Waals surface area contributed by atoms with Crippen molar-refractivity contribution in [2.75, 3.05) is 13.1 Å². The molecule has 1 saturated heterocycles. The number of carbonyl (C=O) groups excluding carboxylic acids is 1. The van der Waals surface area contributed by atoms with Crippen molar-refractivity contribution in [2.45, 2.75) is 39.0 Å². The Kier molecular flexibility index (Phi) is 3.41. The van der Waals surface area contributed by atoms with Crippen LogP contribution in [0.1, 0.15) is 39.4 Å². The van der Waals surface area contributed by atoms with Crippen LogP contribution >= 0.6 is 0 Å². The highest BCUT2D eigenvalue weighted by atomic mass is 16.2. The molecular weight excluding hydrogens is 228 g/mol. The molecule has 1 aromatic heterocycles. The van der Waals surface area contributed by atoms with E-state index in [9.17, 15) is 4.79 Å². The van der Waals surface area contributed by atoms with Gasteiger partial charge in [0.2, 0.25) is 5.91 Å². The van der Waals surface area contributed by atoms with Crippen LogP contribution in [-0.4, -0.2) is 38.7 Å². The van der Waals surface area contributed by atoms with E-state index in [-0.39, 0.29) is 17.2 Å². The molecule has 1 amide bonds. The van der Waals surface area contributed by atoms with Crippen LogP contribution in [0.2, 0.25) is 0 Å². The number of rotatable bonds is 2. The highest BCUT2D eigenvalue weighted by molar-refractivity contribution is 5.78. The van der Waals surface area contributed by atoms with E-state index in [1.807, 2.05) is 30.4 Å². The molecule has 0 radical (unpaired) electrons. The predicted molar refractivity (Wildman–Crippen MR) is 69.0 cm³/mol. The fourth-order valence-corrected chi connectivity index (χ4v) is 2.64. The van der Waals surface area contributed by atoms with Crippen molar-refractivity contribution in [1.82, 2.24) is 19.7 Å². The lowest BCUT2D eigenvalue weighted by Crippen LogP contribution is -2.46. The molecule has 1 aromatic rings. The van der Waals surface area contributed by atoms with Gasteiger partial charge in [0.25, 0.3) is 0 Å². The van der Waals surface area contributed by atoms with Crippen molar-refractivity contribution >= 4 is 5.91 Å². The summed E-state index contributed by atoms with van der Waals surface area (Å²) in [5.74, 6) is 1.37. The van der Waals surface area contributed by atoms with Gasteiger partial charge in [-0.1, -0.05) is 20.8 Å². The first-order valence-electron chi connectivity index (χ1n) is 6.57. The summed E-state index contributed by atoms with van der Waals surface area (Å²) < 4.78 is 1.99. The number of aromatic nitrogens is 3. The standard InChI is InChI=1S/C13H22N4O/c1-10(2)11(18)17-7-5-13(3,6-8-17)12-15-14-9-16(12)4/h9-10H,5-8H2,1-4H3. The van der Waals surface area contributed by atoms with Gasteiger partial charge in [-0.05, 0) is 12.8 Å². The Hall–Kier alpha value is -1.39. The molecular formula is C13H22N4O. The van der Waals surface area contributed by atoms with Crippen molar-refractivity contribution in [1.29, 1.82) is 0 Å². The van der Waals surface area contributed by atoms with E-state index in [1.165, 1.54) is 0 Å². The molecule has 0 unspecified atom stereocenters. The van der Waals surface area contributed by atoms with Crippen molar-refractivity contribution < 1.29 is 4.79 Å². The Labute approximate surface area is 108 Å². The van der Waals surface area contributed by atoms with Crippen LogP contribution < -0.4 is 0 Å². The molecule has 100 valence electrons. The smallest absolute Gasteiger partial charge is 0.225 e. The van der Waals surface area contributed by atoms with Crippen LogP contribution in [-0.2, 0) is 17.3 Å². The van der Waals surface area contributed by atoms with Crippen LogP contribution in [0.25, 0.3) is 0 Å². The van der Waals surface area contributed by atoms with Gasteiger partial charge in [0.1, 0.15) is 12.2 Å². The molecule has 0 aromatic carbocycles. The minimum atomic E-state index is 0.0407. The molecule has 1 fully saturated rings. The van der Waals surface area contributed by atoms with Gasteiger partial charge >= 0.3 is 0 Å². The lowest BCUT2D eigenvalue weighted by molar-refractivity contribution is -0.136. The van der Waals surface area contributed by atoms with Gasteiger partial charge < -0.3 is 9.47 Å². The van der Waals surface area contributed by atoms with E-state index in [0.29, 0.717) is 0 Å². The molecule has 0 spiro atoms. The first-order valence-corrected chi connectivity index (χ1v) is 6.57. The normalized spacial score (nSPS) is 19.3. The number of amides is 1. The number of aryl methyl sites for hydroxylation is 1. The van der Waals surface area contributed by atoms with E-state index >= 15 is 0 Å². The highest BCUT2D eigenvalue weighted by Crippen LogP contribution is 2.33. The Morgan fingerprint density at radius 3 is 2.44 bits per heavy atom. The summed E-state index contributed by atoms with van der Waals surface area (Å²) in [6.45, 7) is 7.77. The molecule has 1 aliphatic heterocycles. The van der Waals surface area contributed by atoms with Crippen molar-refractivity contribution in [2.24, 2.45) is 13.0 Å². The largest absolute Gasteiger partial charge is 0.342 e. The summed E-state index contributed by atoms with van der Waals surface area (Å²) >= 11 is 0. The van der Waals surface area contributed by atoms with E-state index in [4.69, 9.17) is 0 Å². The van der Waals surface area contributed by atoms with Gasteiger partial charge in [-0.2, -0.15) is 0 Å². The summed E-state index contributed by atoms with van der Waals surface area (Å²) in [5.41, 5.74) is 0.0407.